The molecule has 0 saturated carbocycles. The van der Waals surface area contributed by atoms with E-state index in [1.54, 1.807) is 4.90 Å². The zero-order valence-electron chi connectivity index (χ0n) is 15.6. The van der Waals surface area contributed by atoms with Crippen molar-refractivity contribution in [1.82, 2.24) is 0 Å². The lowest BCUT2D eigenvalue weighted by Crippen LogP contribution is -3.12. The van der Waals surface area contributed by atoms with Gasteiger partial charge >= 0.3 is 0 Å². The van der Waals surface area contributed by atoms with E-state index in [4.69, 9.17) is 16.3 Å². The number of hydrogen-bond donors (Lipinski definition) is 3. The van der Waals surface area contributed by atoms with Crippen molar-refractivity contribution in [3.63, 3.8) is 0 Å². The van der Waals surface area contributed by atoms with Crippen LogP contribution in [-0.2, 0) is 4.74 Å². The van der Waals surface area contributed by atoms with Crippen molar-refractivity contribution >= 4 is 11.6 Å². The summed E-state index contributed by atoms with van der Waals surface area (Å²) >= 11 is 5.90. The minimum atomic E-state index is -0.416. The molecule has 4 nitrogen and oxygen atoms in total. The Labute approximate surface area is 157 Å². The zero-order chi connectivity index (χ0) is 17.9. The monoisotopic (exact) mass is 370 g/mol. The first-order valence-corrected chi connectivity index (χ1v) is 10.2. The smallest absolute Gasteiger partial charge is 0.126 e. The number of halogens is 1. The van der Waals surface area contributed by atoms with E-state index in [-0.39, 0.29) is 6.10 Å². The van der Waals surface area contributed by atoms with Gasteiger partial charge in [0, 0.05) is 11.4 Å². The first-order chi connectivity index (χ1) is 12.1. The molecule has 142 valence electrons. The Morgan fingerprint density at radius 1 is 1.16 bits per heavy atom. The molecule has 0 bridgehead atoms. The van der Waals surface area contributed by atoms with Gasteiger partial charge in [0.05, 0.1) is 38.9 Å². The van der Waals surface area contributed by atoms with Gasteiger partial charge in [-0.2, -0.15) is 0 Å². The molecular formula is C20H35ClN2O2+2. The summed E-state index contributed by atoms with van der Waals surface area (Å²) in [7, 11) is 0. The van der Waals surface area contributed by atoms with Gasteiger partial charge in [0.15, 0.2) is 0 Å². The van der Waals surface area contributed by atoms with Crippen molar-refractivity contribution < 1.29 is 20.1 Å². The number of aliphatic hydroxyl groups is 1. The highest BCUT2D eigenvalue weighted by Gasteiger charge is 2.13. The van der Waals surface area contributed by atoms with Crippen molar-refractivity contribution in [1.29, 1.82) is 0 Å². The second-order valence-corrected chi connectivity index (χ2v) is 7.70. The van der Waals surface area contributed by atoms with E-state index >= 15 is 0 Å². The van der Waals surface area contributed by atoms with Crippen LogP contribution in [0.2, 0.25) is 5.02 Å². The summed E-state index contributed by atoms with van der Waals surface area (Å²) in [6, 6.07) is 7.67. The largest absolute Gasteiger partial charge is 0.385 e. The predicted octanol–water partition coefficient (Wildman–Crippen LogP) is 1.19. The predicted molar refractivity (Wildman–Crippen MR) is 102 cm³/mol. The molecule has 1 aromatic rings. The van der Waals surface area contributed by atoms with Crippen LogP contribution in [-0.4, -0.2) is 50.5 Å². The van der Waals surface area contributed by atoms with Gasteiger partial charge in [0.25, 0.3) is 0 Å². The van der Waals surface area contributed by atoms with Crippen molar-refractivity contribution in [2.75, 3.05) is 39.3 Å². The summed E-state index contributed by atoms with van der Waals surface area (Å²) in [4.78, 5) is 1.77. The highest BCUT2D eigenvalue weighted by atomic mass is 35.5. The second-order valence-electron chi connectivity index (χ2n) is 7.26. The highest BCUT2D eigenvalue weighted by Crippen LogP contribution is 2.19. The van der Waals surface area contributed by atoms with Crippen LogP contribution in [0.4, 0.5) is 0 Å². The van der Waals surface area contributed by atoms with Crippen LogP contribution in [0.25, 0.3) is 0 Å². The average molecular weight is 371 g/mol. The molecule has 1 fully saturated rings. The van der Waals surface area contributed by atoms with E-state index in [0.717, 1.165) is 17.1 Å². The third-order valence-corrected chi connectivity index (χ3v) is 5.32. The fourth-order valence-electron chi connectivity index (χ4n) is 3.44. The quantitative estimate of drug-likeness (QED) is 0.542. The number of aliphatic hydroxyl groups excluding tert-OH is 1. The lowest BCUT2D eigenvalue weighted by Gasteiger charge is -2.17. The van der Waals surface area contributed by atoms with Gasteiger partial charge in [-0.1, -0.05) is 23.7 Å². The number of quaternary nitrogens is 2. The van der Waals surface area contributed by atoms with E-state index in [1.807, 2.05) is 31.2 Å². The Balaban J connectivity index is 1.51. The maximum absolute atomic E-state index is 10.1. The Hall–Kier alpha value is -0.650. The van der Waals surface area contributed by atoms with Gasteiger partial charge in [0.1, 0.15) is 12.6 Å². The topological polar surface area (TPSA) is 50.5 Å². The molecule has 25 heavy (non-hydrogen) atoms. The molecule has 4 N–H and O–H groups in total. The summed E-state index contributed by atoms with van der Waals surface area (Å²) in [6.45, 7) is 8.14. The standard InChI is InChI=1S/C20H33ClN2O2/c1-17(18-7-9-19(21)10-8-18)25-16-20(24)15-22-11-6-14-23-12-4-2-3-5-13-23/h7-10,17,20,22,24H,2-6,11-16H2,1H3/p+2/t17-,20-/m1/s1. The first-order valence-electron chi connectivity index (χ1n) is 9.85. The third kappa shape index (κ3) is 8.52. The molecule has 1 saturated heterocycles. The van der Waals surface area contributed by atoms with Crippen LogP contribution >= 0.6 is 11.6 Å². The molecule has 0 spiro atoms. The number of ether oxygens (including phenoxy) is 1. The van der Waals surface area contributed by atoms with Crippen LogP contribution in [0.3, 0.4) is 0 Å². The van der Waals surface area contributed by atoms with Gasteiger partial charge in [-0.3, -0.25) is 0 Å². The zero-order valence-corrected chi connectivity index (χ0v) is 16.3. The molecule has 1 heterocycles. The number of nitrogens with one attached hydrogen (secondary N) is 1. The maximum Gasteiger partial charge on any atom is 0.126 e. The number of likely N-dealkylation sites (tertiary alicyclic amines) is 1. The SMILES string of the molecule is C[C@@H](OC[C@H](O)C[NH2+]CCC[NH+]1CCCCCC1)c1ccc(Cl)cc1. The van der Waals surface area contributed by atoms with Crippen molar-refractivity contribution in [3.8, 4) is 0 Å². The molecule has 2 atom stereocenters. The second kappa shape index (κ2) is 11.9. The molecule has 1 aliphatic heterocycles. The van der Waals surface area contributed by atoms with Gasteiger partial charge in [-0.15, -0.1) is 0 Å². The lowest BCUT2D eigenvalue weighted by molar-refractivity contribution is -0.900. The van der Waals surface area contributed by atoms with Crippen LogP contribution in [0.15, 0.2) is 24.3 Å². The molecule has 0 aliphatic carbocycles. The summed E-state index contributed by atoms with van der Waals surface area (Å²) in [6.07, 6.45) is 6.39. The van der Waals surface area contributed by atoms with Crippen LogP contribution in [0, 0.1) is 0 Å². The normalized spacial score (nSPS) is 18.7. The highest BCUT2D eigenvalue weighted by molar-refractivity contribution is 6.30. The molecule has 5 heteroatoms. The van der Waals surface area contributed by atoms with Crippen LogP contribution < -0.4 is 10.2 Å². The van der Waals surface area contributed by atoms with Crippen LogP contribution in [0.5, 0.6) is 0 Å². The lowest BCUT2D eigenvalue weighted by atomic mass is 10.1. The molecule has 1 aliphatic rings. The van der Waals surface area contributed by atoms with E-state index in [2.05, 4.69) is 5.32 Å². The molecule has 0 radical (unpaired) electrons. The summed E-state index contributed by atoms with van der Waals surface area (Å²) in [5.74, 6) is 0. The molecule has 0 unspecified atom stereocenters. The Kier molecular flexibility index (Phi) is 9.81. The van der Waals surface area contributed by atoms with E-state index in [9.17, 15) is 5.11 Å². The van der Waals surface area contributed by atoms with Gasteiger partial charge < -0.3 is 20.1 Å². The Bertz CT molecular complexity index is 461. The molecule has 0 aromatic heterocycles. The van der Waals surface area contributed by atoms with Crippen molar-refractivity contribution in [2.45, 2.75) is 51.2 Å². The maximum atomic E-state index is 10.1. The fourth-order valence-corrected chi connectivity index (χ4v) is 3.56. The molecule has 0 amide bonds. The number of nitrogens with two attached hydrogens (primary N) is 1. The molecule has 1 aromatic carbocycles. The van der Waals surface area contributed by atoms with E-state index in [0.29, 0.717) is 13.2 Å². The molecule has 2 rings (SSSR count). The first kappa shape index (κ1) is 20.7. The Morgan fingerprint density at radius 3 is 2.52 bits per heavy atom. The summed E-state index contributed by atoms with van der Waals surface area (Å²) in [5, 5.41) is 13.0. The number of benzene rings is 1. The minimum Gasteiger partial charge on any atom is -0.385 e. The average Bonchev–Trinajstić information content (AvgIpc) is 2.89. The fraction of sp³-hybridized carbons (Fsp3) is 0.700. The van der Waals surface area contributed by atoms with Crippen LogP contribution in [0.1, 0.15) is 50.7 Å². The Morgan fingerprint density at radius 2 is 1.84 bits per heavy atom. The summed E-state index contributed by atoms with van der Waals surface area (Å²) in [5.41, 5.74) is 1.08. The van der Waals surface area contributed by atoms with Crippen molar-refractivity contribution in [2.24, 2.45) is 0 Å². The van der Waals surface area contributed by atoms with Gasteiger partial charge in [-0.05, 0) is 50.3 Å². The number of rotatable bonds is 10. The van der Waals surface area contributed by atoms with Gasteiger partial charge in [-0.25, -0.2) is 0 Å². The minimum absolute atomic E-state index is 0.0291. The molecular weight excluding hydrogens is 336 g/mol. The third-order valence-electron chi connectivity index (χ3n) is 5.07. The number of hydrogen-bond acceptors (Lipinski definition) is 2. The van der Waals surface area contributed by atoms with E-state index < -0.39 is 6.10 Å². The summed E-state index contributed by atoms with van der Waals surface area (Å²) < 4.78 is 5.78. The van der Waals surface area contributed by atoms with Crippen molar-refractivity contribution in [3.05, 3.63) is 34.9 Å². The van der Waals surface area contributed by atoms with Gasteiger partial charge in [0.2, 0.25) is 0 Å². The van der Waals surface area contributed by atoms with E-state index in [1.165, 1.54) is 51.7 Å².